The number of nitrogens with two attached hydrogens (primary N) is 1. The van der Waals surface area contributed by atoms with Crippen molar-refractivity contribution in [3.8, 4) is 11.5 Å². The number of benzene rings is 1. The summed E-state index contributed by atoms with van der Waals surface area (Å²) in [6.07, 6.45) is 2.10. The molecule has 1 atom stereocenters. The lowest BCUT2D eigenvalue weighted by Gasteiger charge is -2.15. The number of ether oxygens (including phenoxy) is 2. The van der Waals surface area contributed by atoms with Crippen molar-refractivity contribution in [1.82, 2.24) is 9.71 Å². The highest BCUT2D eigenvalue weighted by atomic mass is 35.5. The van der Waals surface area contributed by atoms with Crippen molar-refractivity contribution in [3.05, 3.63) is 36.5 Å². The molecule has 3 rings (SSSR count). The fourth-order valence-corrected chi connectivity index (χ4v) is 3.61. The molecule has 152 valence electrons. The molecular formula is C17H21ClN4O5S. The summed E-state index contributed by atoms with van der Waals surface area (Å²) in [6, 6.07) is 6.43. The van der Waals surface area contributed by atoms with Crippen molar-refractivity contribution >= 4 is 39.8 Å². The van der Waals surface area contributed by atoms with E-state index in [1.54, 1.807) is 12.1 Å². The van der Waals surface area contributed by atoms with Gasteiger partial charge in [0.05, 0.1) is 36.0 Å². The molecule has 0 spiro atoms. The Kier molecular flexibility index (Phi) is 7.05. The number of nitrogens with one attached hydrogen (secondary N) is 2. The number of amides is 1. The van der Waals surface area contributed by atoms with Crippen LogP contribution in [0.25, 0.3) is 0 Å². The molecule has 0 fully saturated rings. The Hall–Kier alpha value is -2.56. The number of aromatic nitrogens is 1. The Morgan fingerprint density at radius 3 is 2.57 bits per heavy atom. The van der Waals surface area contributed by atoms with Gasteiger partial charge in [-0.3, -0.25) is 4.79 Å². The van der Waals surface area contributed by atoms with Crippen molar-refractivity contribution in [1.29, 1.82) is 0 Å². The van der Waals surface area contributed by atoms with Gasteiger partial charge in [-0.15, -0.1) is 12.4 Å². The van der Waals surface area contributed by atoms with Gasteiger partial charge in [-0.2, -0.15) is 4.72 Å². The largest absolute Gasteiger partial charge is 0.490 e. The van der Waals surface area contributed by atoms with Crippen LogP contribution in [0.4, 0.5) is 11.5 Å². The van der Waals surface area contributed by atoms with Crippen LogP contribution in [0, 0.1) is 0 Å². The smallest absolute Gasteiger partial charge is 0.242 e. The first-order valence-electron chi connectivity index (χ1n) is 8.29. The average Bonchev–Trinajstić information content (AvgIpc) is 2.88. The summed E-state index contributed by atoms with van der Waals surface area (Å²) in [5, 5.41) is 2.57. The summed E-state index contributed by atoms with van der Waals surface area (Å²) >= 11 is 0. The van der Waals surface area contributed by atoms with E-state index in [0.717, 1.165) is 0 Å². The van der Waals surface area contributed by atoms with Gasteiger partial charge in [0.2, 0.25) is 15.9 Å². The highest BCUT2D eigenvalue weighted by Gasteiger charge is 2.24. The zero-order valence-electron chi connectivity index (χ0n) is 15.0. The molecule has 2 heterocycles. The number of fused-ring (bicyclic) bond motifs is 1. The number of hydrogen-bond acceptors (Lipinski definition) is 7. The SMILES string of the molecule is CC(NS(=O)(=O)c1ccc2c(c1)OCCCO2)C(=O)Nc1ccc(N)nc1.Cl. The van der Waals surface area contributed by atoms with Gasteiger partial charge in [0.1, 0.15) is 5.82 Å². The van der Waals surface area contributed by atoms with Crippen LogP contribution in [0.1, 0.15) is 13.3 Å². The second-order valence-electron chi connectivity index (χ2n) is 5.96. The lowest BCUT2D eigenvalue weighted by Crippen LogP contribution is -2.41. The average molecular weight is 429 g/mol. The van der Waals surface area contributed by atoms with Crippen molar-refractivity contribution in [2.24, 2.45) is 0 Å². The fourth-order valence-electron chi connectivity index (χ4n) is 2.39. The van der Waals surface area contributed by atoms with E-state index < -0.39 is 22.0 Å². The van der Waals surface area contributed by atoms with Crippen LogP contribution >= 0.6 is 12.4 Å². The molecule has 0 radical (unpaired) electrons. The number of nitrogen functional groups attached to an aromatic ring is 1. The Morgan fingerprint density at radius 2 is 1.89 bits per heavy atom. The minimum atomic E-state index is -3.93. The maximum atomic E-state index is 12.6. The number of carbonyl (C=O) groups excluding carboxylic acids is 1. The summed E-state index contributed by atoms with van der Waals surface area (Å²) in [5.41, 5.74) is 5.90. The minimum absolute atomic E-state index is 0. The lowest BCUT2D eigenvalue weighted by molar-refractivity contribution is -0.117. The van der Waals surface area contributed by atoms with Crippen LogP contribution in [0.2, 0.25) is 0 Å². The molecule has 1 amide bonds. The Labute approximate surface area is 169 Å². The third-order valence-corrected chi connectivity index (χ3v) is 5.35. The number of halogens is 1. The summed E-state index contributed by atoms with van der Waals surface area (Å²) in [7, 11) is -3.93. The highest BCUT2D eigenvalue weighted by Crippen LogP contribution is 2.31. The molecule has 28 heavy (non-hydrogen) atoms. The molecule has 0 saturated carbocycles. The van der Waals surface area contributed by atoms with Gasteiger partial charge in [0.25, 0.3) is 0 Å². The second kappa shape index (κ2) is 9.09. The van der Waals surface area contributed by atoms with Gasteiger partial charge in [-0.05, 0) is 31.2 Å². The normalized spacial score (nSPS) is 14.3. The molecule has 0 bridgehead atoms. The van der Waals surface area contributed by atoms with E-state index in [2.05, 4.69) is 15.0 Å². The van der Waals surface area contributed by atoms with E-state index in [-0.39, 0.29) is 17.3 Å². The molecule has 9 nitrogen and oxygen atoms in total. The zero-order chi connectivity index (χ0) is 19.4. The van der Waals surface area contributed by atoms with Gasteiger partial charge in [0, 0.05) is 12.5 Å². The first-order chi connectivity index (χ1) is 12.8. The van der Waals surface area contributed by atoms with Crippen molar-refractivity contribution < 1.29 is 22.7 Å². The van der Waals surface area contributed by atoms with E-state index in [1.807, 2.05) is 0 Å². The number of rotatable bonds is 5. The molecular weight excluding hydrogens is 408 g/mol. The first-order valence-corrected chi connectivity index (χ1v) is 9.78. The highest BCUT2D eigenvalue weighted by molar-refractivity contribution is 7.89. The second-order valence-corrected chi connectivity index (χ2v) is 7.68. The van der Waals surface area contributed by atoms with Crippen LogP contribution in [0.5, 0.6) is 11.5 Å². The number of carbonyl (C=O) groups is 1. The van der Waals surface area contributed by atoms with E-state index >= 15 is 0 Å². The van der Waals surface area contributed by atoms with Crippen LogP contribution < -0.4 is 25.2 Å². The summed E-state index contributed by atoms with van der Waals surface area (Å²) < 4.78 is 38.5. The van der Waals surface area contributed by atoms with Crippen LogP contribution in [-0.2, 0) is 14.8 Å². The van der Waals surface area contributed by atoms with Crippen LogP contribution in [0.15, 0.2) is 41.4 Å². The Bertz CT molecular complexity index is 937. The number of nitrogens with zero attached hydrogens (tertiary/aromatic N) is 1. The zero-order valence-corrected chi connectivity index (χ0v) is 16.7. The summed E-state index contributed by atoms with van der Waals surface area (Å²) in [4.78, 5) is 16.1. The Balaban J connectivity index is 0.00000280. The molecule has 0 aliphatic carbocycles. The molecule has 1 aromatic carbocycles. The van der Waals surface area contributed by atoms with Crippen molar-refractivity contribution in [3.63, 3.8) is 0 Å². The van der Waals surface area contributed by atoms with Gasteiger partial charge >= 0.3 is 0 Å². The standard InChI is InChI=1S/C17H20N4O5S.ClH/c1-11(17(22)20-12-3-6-16(18)19-10-12)21-27(23,24)13-4-5-14-15(9-13)26-8-2-7-25-14;/h3-6,9-11,21H,2,7-8H2,1H3,(H2,18,19)(H,20,22);1H. The number of sulfonamides is 1. The summed E-state index contributed by atoms with van der Waals surface area (Å²) in [5.74, 6) is 0.643. The fraction of sp³-hybridized carbons (Fsp3) is 0.294. The number of pyridine rings is 1. The van der Waals surface area contributed by atoms with E-state index in [1.165, 1.54) is 31.3 Å². The van der Waals surface area contributed by atoms with E-state index in [9.17, 15) is 13.2 Å². The minimum Gasteiger partial charge on any atom is -0.490 e. The first kappa shape index (κ1) is 21.7. The van der Waals surface area contributed by atoms with Crippen LogP contribution in [-0.4, -0.2) is 38.6 Å². The maximum Gasteiger partial charge on any atom is 0.242 e. The van der Waals surface area contributed by atoms with Crippen LogP contribution in [0.3, 0.4) is 0 Å². The third kappa shape index (κ3) is 5.24. The molecule has 4 N–H and O–H groups in total. The van der Waals surface area contributed by atoms with Gasteiger partial charge in [0.15, 0.2) is 11.5 Å². The van der Waals surface area contributed by atoms with E-state index in [0.29, 0.717) is 42.6 Å². The molecule has 1 unspecified atom stereocenters. The quantitative estimate of drug-likeness (QED) is 0.657. The lowest BCUT2D eigenvalue weighted by atomic mass is 10.3. The van der Waals surface area contributed by atoms with Gasteiger partial charge < -0.3 is 20.5 Å². The molecule has 1 aliphatic heterocycles. The molecule has 0 saturated heterocycles. The monoisotopic (exact) mass is 428 g/mol. The maximum absolute atomic E-state index is 12.6. The third-order valence-electron chi connectivity index (χ3n) is 3.81. The predicted octanol–water partition coefficient (Wildman–Crippen LogP) is 1.55. The van der Waals surface area contributed by atoms with Gasteiger partial charge in [-0.1, -0.05) is 0 Å². The topological polar surface area (TPSA) is 133 Å². The molecule has 1 aliphatic rings. The van der Waals surface area contributed by atoms with E-state index in [4.69, 9.17) is 15.2 Å². The summed E-state index contributed by atoms with van der Waals surface area (Å²) in [6.45, 7) is 2.40. The van der Waals surface area contributed by atoms with Crippen molar-refractivity contribution in [2.75, 3.05) is 24.3 Å². The molecule has 2 aromatic rings. The number of hydrogen-bond donors (Lipinski definition) is 3. The molecule has 1 aromatic heterocycles. The molecule has 11 heteroatoms. The Morgan fingerprint density at radius 1 is 1.18 bits per heavy atom. The van der Waals surface area contributed by atoms with Gasteiger partial charge in [-0.25, -0.2) is 13.4 Å². The van der Waals surface area contributed by atoms with Crippen molar-refractivity contribution in [2.45, 2.75) is 24.3 Å². The number of anilines is 2. The predicted molar refractivity (Wildman–Crippen MR) is 106 cm³/mol.